The van der Waals surface area contributed by atoms with Gasteiger partial charge in [0, 0.05) is 23.5 Å². The van der Waals surface area contributed by atoms with E-state index in [2.05, 4.69) is 26.0 Å². The molecule has 0 unspecified atom stereocenters. The highest BCUT2D eigenvalue weighted by molar-refractivity contribution is 5.98. The Morgan fingerprint density at radius 3 is 2.35 bits per heavy atom. The van der Waals surface area contributed by atoms with Crippen LogP contribution in [0.4, 0.5) is 0 Å². The number of nitrogens with zero attached hydrogens (tertiary/aromatic N) is 2. The highest BCUT2D eigenvalue weighted by atomic mass is 16.2. The standard InChI is InChI=1S/C16H13N5O2/c22-15(12-6-8-17-9-7-12)20-21-16(23)14-10-13(18-19-14)11-4-2-1-3-5-11/h1-10H,(H,18,19)(H,20,22)(H,21,23). The van der Waals surface area contributed by atoms with E-state index in [4.69, 9.17) is 0 Å². The summed E-state index contributed by atoms with van der Waals surface area (Å²) in [4.78, 5) is 27.7. The molecule has 7 nitrogen and oxygen atoms in total. The number of hydrazine groups is 1. The quantitative estimate of drug-likeness (QED) is 0.639. The van der Waals surface area contributed by atoms with E-state index >= 15 is 0 Å². The van der Waals surface area contributed by atoms with Crippen LogP contribution in [0.2, 0.25) is 0 Å². The van der Waals surface area contributed by atoms with E-state index in [1.165, 1.54) is 12.4 Å². The number of H-pyrrole nitrogens is 1. The smallest absolute Gasteiger partial charge is 0.272 e. The minimum absolute atomic E-state index is 0.249. The first-order valence-electron chi connectivity index (χ1n) is 6.85. The number of pyridine rings is 1. The van der Waals surface area contributed by atoms with Gasteiger partial charge in [-0.2, -0.15) is 5.10 Å². The first-order valence-corrected chi connectivity index (χ1v) is 6.85. The minimum Gasteiger partial charge on any atom is -0.272 e. The first-order chi connectivity index (χ1) is 11.2. The average molecular weight is 307 g/mol. The van der Waals surface area contributed by atoms with Crippen molar-refractivity contribution < 1.29 is 9.59 Å². The third-order valence-electron chi connectivity index (χ3n) is 3.12. The van der Waals surface area contributed by atoms with Crippen LogP contribution in [0.1, 0.15) is 20.8 Å². The Balaban J connectivity index is 1.63. The Bertz CT molecular complexity index is 815. The average Bonchev–Trinajstić information content (AvgIpc) is 3.11. The van der Waals surface area contributed by atoms with Gasteiger partial charge >= 0.3 is 0 Å². The van der Waals surface area contributed by atoms with Crippen molar-refractivity contribution in [2.24, 2.45) is 0 Å². The molecule has 2 heterocycles. The second kappa shape index (κ2) is 6.52. The van der Waals surface area contributed by atoms with Crippen LogP contribution in [-0.2, 0) is 0 Å². The van der Waals surface area contributed by atoms with Crippen LogP contribution < -0.4 is 10.9 Å². The van der Waals surface area contributed by atoms with E-state index in [9.17, 15) is 9.59 Å². The van der Waals surface area contributed by atoms with Gasteiger partial charge in [0.15, 0.2) is 0 Å². The number of benzene rings is 1. The summed E-state index contributed by atoms with van der Waals surface area (Å²) in [6.45, 7) is 0. The topological polar surface area (TPSA) is 99.8 Å². The van der Waals surface area contributed by atoms with Gasteiger partial charge in [-0.3, -0.25) is 30.5 Å². The molecular weight excluding hydrogens is 294 g/mol. The monoisotopic (exact) mass is 307 g/mol. The van der Waals surface area contributed by atoms with Gasteiger partial charge in [0.05, 0.1) is 5.69 Å². The number of aromatic amines is 1. The Hall–Kier alpha value is -3.48. The lowest BCUT2D eigenvalue weighted by Crippen LogP contribution is -2.41. The maximum absolute atomic E-state index is 12.0. The van der Waals surface area contributed by atoms with Crippen LogP contribution in [0.3, 0.4) is 0 Å². The van der Waals surface area contributed by atoms with Gasteiger partial charge in [-0.25, -0.2) is 0 Å². The molecule has 7 heteroatoms. The molecule has 1 aromatic carbocycles. The van der Waals surface area contributed by atoms with Crippen molar-refractivity contribution >= 4 is 11.8 Å². The number of aromatic nitrogens is 3. The Labute approximate surface area is 131 Å². The molecule has 0 aliphatic heterocycles. The highest BCUT2D eigenvalue weighted by Crippen LogP contribution is 2.16. The van der Waals surface area contributed by atoms with E-state index < -0.39 is 11.8 Å². The largest absolute Gasteiger partial charge is 0.287 e. The summed E-state index contributed by atoms with van der Waals surface area (Å²) < 4.78 is 0. The molecule has 114 valence electrons. The number of nitrogens with one attached hydrogen (secondary N) is 3. The number of carbonyl (C=O) groups excluding carboxylic acids is 2. The zero-order chi connectivity index (χ0) is 16.1. The van der Waals surface area contributed by atoms with Gasteiger partial charge in [0.1, 0.15) is 5.69 Å². The van der Waals surface area contributed by atoms with Gasteiger partial charge in [-0.1, -0.05) is 30.3 Å². The van der Waals surface area contributed by atoms with Crippen molar-refractivity contribution in [3.63, 3.8) is 0 Å². The van der Waals surface area contributed by atoms with Gasteiger partial charge in [0.25, 0.3) is 11.8 Å². The molecular formula is C16H13N5O2. The second-order valence-corrected chi connectivity index (χ2v) is 4.68. The zero-order valence-corrected chi connectivity index (χ0v) is 12.0. The summed E-state index contributed by atoms with van der Waals surface area (Å²) >= 11 is 0. The van der Waals surface area contributed by atoms with Crippen LogP contribution in [0.15, 0.2) is 60.9 Å². The molecule has 0 atom stereocenters. The van der Waals surface area contributed by atoms with E-state index in [1.807, 2.05) is 30.3 Å². The van der Waals surface area contributed by atoms with E-state index in [0.717, 1.165) is 5.56 Å². The molecule has 23 heavy (non-hydrogen) atoms. The molecule has 2 aromatic heterocycles. The summed E-state index contributed by atoms with van der Waals surface area (Å²) in [5.41, 5.74) is 6.85. The molecule has 3 N–H and O–H groups in total. The van der Waals surface area contributed by atoms with Crippen LogP contribution in [0.25, 0.3) is 11.3 Å². The van der Waals surface area contributed by atoms with Crippen LogP contribution in [0, 0.1) is 0 Å². The summed E-state index contributed by atoms with van der Waals surface area (Å²) in [5, 5.41) is 6.73. The Morgan fingerprint density at radius 2 is 1.61 bits per heavy atom. The number of hydrogen-bond donors (Lipinski definition) is 3. The summed E-state index contributed by atoms with van der Waals surface area (Å²) in [5.74, 6) is -0.911. The van der Waals surface area contributed by atoms with Gasteiger partial charge in [0.2, 0.25) is 0 Å². The zero-order valence-electron chi connectivity index (χ0n) is 12.0. The molecule has 3 rings (SSSR count). The second-order valence-electron chi connectivity index (χ2n) is 4.68. The number of rotatable bonds is 3. The lowest BCUT2D eigenvalue weighted by Gasteiger charge is -2.05. The molecule has 0 aliphatic carbocycles. The van der Waals surface area contributed by atoms with Crippen molar-refractivity contribution in [2.75, 3.05) is 0 Å². The predicted molar refractivity (Wildman–Crippen MR) is 83.2 cm³/mol. The Kier molecular flexibility index (Phi) is 4.10. The normalized spacial score (nSPS) is 10.1. The maximum Gasteiger partial charge on any atom is 0.287 e. The SMILES string of the molecule is O=C(NNC(=O)c1cc(-c2ccccc2)n[nH]1)c1ccncc1. The number of carbonyl (C=O) groups is 2. The molecule has 3 aromatic rings. The minimum atomic E-state index is -0.484. The van der Waals surface area contributed by atoms with Crippen molar-refractivity contribution in [1.82, 2.24) is 26.0 Å². The Morgan fingerprint density at radius 1 is 0.913 bits per heavy atom. The van der Waals surface area contributed by atoms with Crippen molar-refractivity contribution in [2.45, 2.75) is 0 Å². The van der Waals surface area contributed by atoms with Crippen molar-refractivity contribution in [3.8, 4) is 11.3 Å². The summed E-state index contributed by atoms with van der Waals surface area (Å²) in [6, 6.07) is 14.2. The summed E-state index contributed by atoms with van der Waals surface area (Å²) in [7, 11) is 0. The fourth-order valence-electron chi connectivity index (χ4n) is 1.95. The molecule has 0 radical (unpaired) electrons. The van der Waals surface area contributed by atoms with Gasteiger partial charge in [-0.15, -0.1) is 0 Å². The molecule has 0 aliphatic rings. The molecule has 2 amide bonds. The molecule has 0 saturated carbocycles. The molecule has 0 saturated heterocycles. The van der Waals surface area contributed by atoms with Gasteiger partial charge in [-0.05, 0) is 18.2 Å². The first kappa shape index (κ1) is 14.5. The van der Waals surface area contributed by atoms with Crippen LogP contribution in [-0.4, -0.2) is 27.0 Å². The lowest BCUT2D eigenvalue weighted by atomic mass is 10.1. The molecule has 0 fully saturated rings. The molecule has 0 spiro atoms. The van der Waals surface area contributed by atoms with Crippen molar-refractivity contribution in [1.29, 1.82) is 0 Å². The molecule has 0 bridgehead atoms. The van der Waals surface area contributed by atoms with Crippen molar-refractivity contribution in [3.05, 3.63) is 72.2 Å². The van der Waals surface area contributed by atoms with E-state index in [1.54, 1.807) is 18.2 Å². The third-order valence-corrected chi connectivity index (χ3v) is 3.12. The van der Waals surface area contributed by atoms with Crippen LogP contribution in [0.5, 0.6) is 0 Å². The summed E-state index contributed by atoms with van der Waals surface area (Å²) in [6.07, 6.45) is 3.00. The lowest BCUT2D eigenvalue weighted by molar-refractivity contribution is 0.0844. The third kappa shape index (κ3) is 3.41. The number of hydrogen-bond acceptors (Lipinski definition) is 4. The fraction of sp³-hybridized carbons (Fsp3) is 0. The fourth-order valence-corrected chi connectivity index (χ4v) is 1.95. The highest BCUT2D eigenvalue weighted by Gasteiger charge is 2.12. The van der Waals surface area contributed by atoms with E-state index in [-0.39, 0.29) is 5.69 Å². The van der Waals surface area contributed by atoms with Gasteiger partial charge < -0.3 is 0 Å². The maximum atomic E-state index is 12.0. The van der Waals surface area contributed by atoms with Crippen LogP contribution >= 0.6 is 0 Å². The predicted octanol–water partition coefficient (Wildman–Crippen LogP) is 1.55. The number of amides is 2. The van der Waals surface area contributed by atoms with E-state index in [0.29, 0.717) is 11.3 Å².